The molecule has 2 aromatic heterocycles. The molecule has 0 saturated carbocycles. The lowest BCUT2D eigenvalue weighted by molar-refractivity contribution is -0.0961. The van der Waals surface area contributed by atoms with E-state index in [2.05, 4.69) is 44.5 Å². The Kier molecular flexibility index (Phi) is 13.0. The number of hydrogen-bond donors (Lipinski definition) is 3. The number of aromatic nitrogens is 4. The number of nitrogens with zero attached hydrogens (tertiary/aromatic N) is 4. The standard InChI is InChI=1S/C51H52N6O8/c1-60-38-22-18-36(19-23-38)51(35-14-5-3-6-15-35,37-20-24-39(61-2)25-21-37)64-30-43-45(58)46(49(65-43)57-32-56-44-47(52)54-31-55-48(44)57)62-27-10-4-9-26-53-50(59)63-29-34-13-11-17-41-40-16-8-7-12-33(40)28-42(34)41/h3,5-8,11-25,31-32,43,45-46,49,58H,4,9-10,26-30H2,1-2H3,(H,53,59)(H2,52,54,55)/t43-,45-,46-,49-/m1/s1. The molecule has 5 aromatic carbocycles. The number of nitrogens with two attached hydrogens (primary N) is 1. The van der Waals surface area contributed by atoms with E-state index in [4.69, 9.17) is 34.2 Å². The van der Waals surface area contributed by atoms with Crippen LogP contribution in [0.5, 0.6) is 11.5 Å². The molecule has 7 aromatic rings. The van der Waals surface area contributed by atoms with Gasteiger partial charge in [0.2, 0.25) is 0 Å². The molecule has 1 saturated heterocycles. The molecule has 14 nitrogen and oxygen atoms in total. The van der Waals surface area contributed by atoms with Gasteiger partial charge in [-0.2, -0.15) is 0 Å². The van der Waals surface area contributed by atoms with Crippen LogP contribution in [0.15, 0.2) is 134 Å². The molecule has 3 heterocycles. The molecule has 0 unspecified atom stereocenters. The van der Waals surface area contributed by atoms with E-state index in [1.54, 1.807) is 25.1 Å². The summed E-state index contributed by atoms with van der Waals surface area (Å²) in [6.45, 7) is 0.936. The highest BCUT2D eigenvalue weighted by atomic mass is 16.6. The van der Waals surface area contributed by atoms with E-state index in [0.29, 0.717) is 48.7 Å². The Morgan fingerprint density at radius 1 is 0.815 bits per heavy atom. The second-order valence-corrected chi connectivity index (χ2v) is 16.1. The Morgan fingerprint density at radius 2 is 1.51 bits per heavy atom. The van der Waals surface area contributed by atoms with Crippen molar-refractivity contribution in [3.8, 4) is 22.6 Å². The van der Waals surface area contributed by atoms with Gasteiger partial charge in [0.1, 0.15) is 53.9 Å². The lowest BCUT2D eigenvalue weighted by Gasteiger charge is -2.37. The van der Waals surface area contributed by atoms with Gasteiger partial charge in [-0.3, -0.25) is 4.57 Å². The summed E-state index contributed by atoms with van der Waals surface area (Å²) in [5.41, 5.74) is 14.4. The Morgan fingerprint density at radius 3 is 2.25 bits per heavy atom. The number of hydrogen-bond acceptors (Lipinski definition) is 12. The SMILES string of the molecule is COc1ccc(C(OC[C@H]2O[C@@H](n3cnc4c(N)ncnc43)[C@H](OCCCCCNC(=O)OCc3cccc4c3Cc3ccccc3-4)[C@@H]2O)(c2ccccc2)c2ccc(OC)cc2)cc1. The van der Waals surface area contributed by atoms with Gasteiger partial charge in [0.25, 0.3) is 0 Å². The fraction of sp³-hybridized carbons (Fsp3) is 0.294. The number of anilines is 1. The van der Waals surface area contributed by atoms with Crippen LogP contribution in [0.3, 0.4) is 0 Å². The van der Waals surface area contributed by atoms with E-state index in [1.807, 2.05) is 97.1 Å². The monoisotopic (exact) mass is 876 g/mol. The highest BCUT2D eigenvalue weighted by molar-refractivity contribution is 5.81. The Balaban J connectivity index is 0.866. The summed E-state index contributed by atoms with van der Waals surface area (Å²) in [6, 6.07) is 40.0. The average molecular weight is 877 g/mol. The first-order chi connectivity index (χ1) is 31.9. The Bertz CT molecular complexity index is 2670. The van der Waals surface area contributed by atoms with Gasteiger partial charge in [-0.25, -0.2) is 19.7 Å². The largest absolute Gasteiger partial charge is 0.497 e. The smallest absolute Gasteiger partial charge is 0.407 e. The molecule has 4 N–H and O–H groups in total. The summed E-state index contributed by atoms with van der Waals surface area (Å²) < 4.78 is 38.7. The number of methoxy groups -OCH3 is 2. The van der Waals surface area contributed by atoms with Crippen molar-refractivity contribution in [3.63, 3.8) is 0 Å². The molecule has 0 bridgehead atoms. The molecule has 9 rings (SSSR count). The van der Waals surface area contributed by atoms with E-state index in [-0.39, 0.29) is 19.0 Å². The number of nitrogen functional groups attached to an aromatic ring is 1. The minimum absolute atomic E-state index is 0.0313. The summed E-state index contributed by atoms with van der Waals surface area (Å²) in [4.78, 5) is 25.7. The molecule has 65 heavy (non-hydrogen) atoms. The van der Waals surface area contributed by atoms with Crippen LogP contribution in [0.1, 0.15) is 58.9 Å². The number of aliphatic hydroxyl groups is 1. The normalized spacial score (nSPS) is 17.7. The third-order valence-corrected chi connectivity index (χ3v) is 12.3. The van der Waals surface area contributed by atoms with Gasteiger partial charge in [0.15, 0.2) is 17.7 Å². The van der Waals surface area contributed by atoms with Gasteiger partial charge in [-0.1, -0.05) is 97.1 Å². The van der Waals surface area contributed by atoms with E-state index in [9.17, 15) is 9.90 Å². The zero-order valence-electron chi connectivity index (χ0n) is 36.3. The minimum atomic E-state index is -1.14. The van der Waals surface area contributed by atoms with Crippen LogP contribution in [-0.2, 0) is 37.6 Å². The summed E-state index contributed by atoms with van der Waals surface area (Å²) >= 11 is 0. The molecule has 0 spiro atoms. The number of alkyl carbamates (subject to hydrolysis) is 1. The number of carbonyl (C=O) groups is 1. The number of aliphatic hydroxyl groups excluding tert-OH is 1. The number of benzene rings is 5. The van der Waals surface area contributed by atoms with Crippen LogP contribution < -0.4 is 20.5 Å². The lowest BCUT2D eigenvalue weighted by Crippen LogP contribution is -2.40. The Hall–Kier alpha value is -6.84. The molecule has 334 valence electrons. The van der Waals surface area contributed by atoms with E-state index in [1.165, 1.54) is 28.6 Å². The first-order valence-corrected chi connectivity index (χ1v) is 21.8. The van der Waals surface area contributed by atoms with Crippen molar-refractivity contribution in [2.24, 2.45) is 0 Å². The van der Waals surface area contributed by atoms with Gasteiger partial charge in [-0.15, -0.1) is 0 Å². The number of amides is 1. The van der Waals surface area contributed by atoms with Crippen LogP contribution in [0.2, 0.25) is 0 Å². The van der Waals surface area contributed by atoms with E-state index >= 15 is 0 Å². The second-order valence-electron chi connectivity index (χ2n) is 16.1. The maximum Gasteiger partial charge on any atom is 0.407 e. The van der Waals surface area contributed by atoms with E-state index in [0.717, 1.165) is 35.1 Å². The maximum absolute atomic E-state index is 12.7. The van der Waals surface area contributed by atoms with Crippen molar-refractivity contribution in [1.29, 1.82) is 0 Å². The maximum atomic E-state index is 12.7. The summed E-state index contributed by atoms with van der Waals surface area (Å²) in [6.07, 6.45) is 1.83. The van der Waals surface area contributed by atoms with Crippen LogP contribution in [0, 0.1) is 0 Å². The molecule has 1 fully saturated rings. The Labute approximate surface area is 377 Å². The van der Waals surface area contributed by atoms with Gasteiger partial charge in [0, 0.05) is 13.2 Å². The van der Waals surface area contributed by atoms with Crippen molar-refractivity contribution in [2.75, 3.05) is 39.7 Å². The van der Waals surface area contributed by atoms with Gasteiger partial charge in [-0.05, 0) is 94.5 Å². The van der Waals surface area contributed by atoms with Crippen molar-refractivity contribution < 1.29 is 38.3 Å². The fourth-order valence-electron chi connectivity index (χ4n) is 8.96. The number of nitrogens with one attached hydrogen (secondary N) is 1. The third-order valence-electron chi connectivity index (χ3n) is 12.3. The fourth-order valence-corrected chi connectivity index (χ4v) is 8.96. The number of ether oxygens (including phenoxy) is 6. The van der Waals surface area contributed by atoms with Gasteiger partial charge in [0.05, 0.1) is 27.2 Å². The first-order valence-electron chi connectivity index (χ1n) is 21.8. The molecular weight excluding hydrogens is 825 g/mol. The number of carbonyl (C=O) groups excluding carboxylic acids is 1. The second kappa shape index (κ2) is 19.5. The molecule has 1 aliphatic carbocycles. The van der Waals surface area contributed by atoms with Crippen LogP contribution in [0.4, 0.5) is 10.6 Å². The number of rotatable bonds is 18. The molecular formula is C51H52N6O8. The summed E-state index contributed by atoms with van der Waals surface area (Å²) in [5.74, 6) is 1.63. The first kappa shape index (κ1) is 43.4. The highest BCUT2D eigenvalue weighted by Crippen LogP contribution is 2.44. The molecule has 1 amide bonds. The minimum Gasteiger partial charge on any atom is -0.497 e. The van der Waals surface area contributed by atoms with Crippen molar-refractivity contribution in [2.45, 2.75) is 62.4 Å². The predicted octanol–water partition coefficient (Wildman–Crippen LogP) is 7.75. The molecule has 2 aliphatic rings. The molecule has 1 aliphatic heterocycles. The highest BCUT2D eigenvalue weighted by Gasteiger charge is 2.48. The number of fused-ring (bicyclic) bond motifs is 4. The van der Waals surface area contributed by atoms with Crippen LogP contribution in [0.25, 0.3) is 22.3 Å². The molecule has 4 atom stereocenters. The molecule has 0 radical (unpaired) electrons. The third kappa shape index (κ3) is 8.85. The van der Waals surface area contributed by atoms with Crippen LogP contribution >= 0.6 is 0 Å². The number of imidazole rings is 1. The van der Waals surface area contributed by atoms with Crippen LogP contribution in [-0.4, -0.2) is 83.0 Å². The average Bonchev–Trinajstić information content (AvgIpc) is 4.05. The summed E-state index contributed by atoms with van der Waals surface area (Å²) in [7, 11) is 3.26. The molecule has 14 heteroatoms. The zero-order chi connectivity index (χ0) is 44.8. The quantitative estimate of drug-likeness (QED) is 0.0566. The van der Waals surface area contributed by atoms with Gasteiger partial charge < -0.3 is 44.6 Å². The predicted molar refractivity (Wildman–Crippen MR) is 244 cm³/mol. The zero-order valence-corrected chi connectivity index (χ0v) is 36.3. The van der Waals surface area contributed by atoms with Crippen molar-refractivity contribution >= 4 is 23.1 Å². The summed E-state index contributed by atoms with van der Waals surface area (Å²) in [5, 5.41) is 15.0. The number of unbranched alkanes of at least 4 members (excludes halogenated alkanes) is 2. The van der Waals surface area contributed by atoms with E-state index < -0.39 is 36.2 Å². The lowest BCUT2D eigenvalue weighted by atomic mass is 9.80. The van der Waals surface area contributed by atoms with Crippen molar-refractivity contribution in [1.82, 2.24) is 24.8 Å². The van der Waals surface area contributed by atoms with Gasteiger partial charge >= 0.3 is 6.09 Å². The topological polar surface area (TPSA) is 174 Å². The van der Waals surface area contributed by atoms with Crippen molar-refractivity contribution in [3.05, 3.63) is 167 Å².